The fraction of sp³-hybridized carbons (Fsp3) is 0.385. The van der Waals surface area contributed by atoms with Crippen LogP contribution in [0.1, 0.15) is 42.5 Å². The number of nitrogens with zero attached hydrogens (tertiary/aromatic N) is 3. The number of imidazole rings is 1. The lowest BCUT2D eigenvalue weighted by Gasteiger charge is -2.24. The van der Waals surface area contributed by atoms with E-state index in [1.54, 1.807) is 38.4 Å². The van der Waals surface area contributed by atoms with Crippen LogP contribution in [0.25, 0.3) is 11.0 Å². The van der Waals surface area contributed by atoms with Gasteiger partial charge in [0.25, 0.3) is 5.91 Å². The van der Waals surface area contributed by atoms with Gasteiger partial charge in [0.15, 0.2) is 0 Å². The topological polar surface area (TPSA) is 126 Å². The third-order valence-corrected chi connectivity index (χ3v) is 6.43. The minimum atomic E-state index is -0.827. The largest absolute Gasteiger partial charge is 0.444 e. The lowest BCUT2D eigenvalue weighted by molar-refractivity contribution is -0.133. The van der Waals surface area contributed by atoms with E-state index in [0.29, 0.717) is 17.1 Å². The van der Waals surface area contributed by atoms with Crippen LogP contribution in [0.4, 0.5) is 4.79 Å². The molecule has 2 aromatic carbocycles. The Balaban J connectivity index is 1.45. The Kier molecular flexibility index (Phi) is 7.42. The van der Waals surface area contributed by atoms with Crippen LogP contribution in [0.2, 0.25) is 5.02 Å². The number of fused-ring (bicyclic) bond motifs is 1. The smallest absolute Gasteiger partial charge is 0.410 e. The molecule has 0 spiro atoms. The van der Waals surface area contributed by atoms with Crippen molar-refractivity contribution in [2.45, 2.75) is 45.9 Å². The van der Waals surface area contributed by atoms with Gasteiger partial charge in [0.2, 0.25) is 5.91 Å². The molecule has 0 unspecified atom stereocenters. The van der Waals surface area contributed by atoms with Crippen molar-refractivity contribution < 1.29 is 24.3 Å². The second-order valence-corrected chi connectivity index (χ2v) is 10.6. The molecule has 0 aliphatic carbocycles. The summed E-state index contributed by atoms with van der Waals surface area (Å²) in [7, 11) is 0. The average molecular weight is 528 g/mol. The number of hydroxylamine groups is 1. The molecule has 11 heteroatoms. The molecule has 2 heterocycles. The maximum absolute atomic E-state index is 13.0. The molecule has 10 nitrogen and oxygen atoms in total. The summed E-state index contributed by atoms with van der Waals surface area (Å²) in [5, 5.41) is 12.6. The highest BCUT2D eigenvalue weighted by Crippen LogP contribution is 2.23. The van der Waals surface area contributed by atoms with Gasteiger partial charge in [-0.25, -0.2) is 15.3 Å². The number of benzene rings is 2. The first kappa shape index (κ1) is 26.4. The molecule has 0 bridgehead atoms. The molecule has 1 aliphatic rings. The highest BCUT2D eigenvalue weighted by Gasteiger charge is 2.41. The van der Waals surface area contributed by atoms with Gasteiger partial charge in [-0.2, -0.15) is 0 Å². The lowest BCUT2D eigenvalue weighted by atomic mass is 10.0. The Morgan fingerprint density at radius 3 is 2.49 bits per heavy atom. The summed E-state index contributed by atoms with van der Waals surface area (Å²) in [5.74, 6) is -1.05. The summed E-state index contributed by atoms with van der Waals surface area (Å²) >= 11 is 6.08. The zero-order valence-corrected chi connectivity index (χ0v) is 21.9. The van der Waals surface area contributed by atoms with Crippen LogP contribution >= 0.6 is 11.6 Å². The van der Waals surface area contributed by atoms with Crippen molar-refractivity contribution in [3.05, 3.63) is 64.4 Å². The first-order chi connectivity index (χ1) is 17.4. The van der Waals surface area contributed by atoms with Crippen molar-refractivity contribution in [1.29, 1.82) is 0 Å². The number of carbonyl (C=O) groups excluding carboxylic acids is 3. The van der Waals surface area contributed by atoms with Crippen LogP contribution < -0.4 is 10.8 Å². The summed E-state index contributed by atoms with van der Waals surface area (Å²) in [6.07, 6.45) is -0.589. The maximum atomic E-state index is 13.0. The highest BCUT2D eigenvalue weighted by molar-refractivity contribution is 6.31. The Morgan fingerprint density at radius 1 is 1.14 bits per heavy atom. The number of aromatic nitrogens is 2. The fourth-order valence-electron chi connectivity index (χ4n) is 4.39. The molecule has 1 fully saturated rings. The predicted molar refractivity (Wildman–Crippen MR) is 138 cm³/mol. The number of nitrogens with one attached hydrogen (secondary N) is 2. The molecule has 1 aliphatic heterocycles. The van der Waals surface area contributed by atoms with Crippen molar-refractivity contribution in [1.82, 2.24) is 25.2 Å². The quantitative estimate of drug-likeness (QED) is 0.344. The number of carbonyl (C=O) groups is 3. The summed E-state index contributed by atoms with van der Waals surface area (Å²) in [6.45, 7) is 7.81. The van der Waals surface area contributed by atoms with Crippen molar-refractivity contribution in [2.75, 3.05) is 13.1 Å². The molecule has 1 saturated heterocycles. The number of hydrogen-bond donors (Lipinski definition) is 3. The van der Waals surface area contributed by atoms with Crippen LogP contribution in [-0.4, -0.2) is 62.3 Å². The zero-order valence-electron chi connectivity index (χ0n) is 21.1. The first-order valence-electron chi connectivity index (χ1n) is 11.9. The van der Waals surface area contributed by atoms with E-state index in [2.05, 4.69) is 14.9 Å². The van der Waals surface area contributed by atoms with Crippen molar-refractivity contribution in [2.24, 2.45) is 5.92 Å². The number of hydrogen-bond acceptors (Lipinski definition) is 6. The van der Waals surface area contributed by atoms with Crippen LogP contribution in [0.15, 0.2) is 42.5 Å². The number of halogens is 1. The van der Waals surface area contributed by atoms with Gasteiger partial charge in [-0.1, -0.05) is 23.7 Å². The number of aryl methyl sites for hydroxylation is 1. The van der Waals surface area contributed by atoms with Gasteiger partial charge in [0, 0.05) is 30.2 Å². The Bertz CT molecular complexity index is 1330. The van der Waals surface area contributed by atoms with E-state index < -0.39 is 35.5 Å². The van der Waals surface area contributed by atoms with Gasteiger partial charge < -0.3 is 19.5 Å². The monoisotopic (exact) mass is 527 g/mol. The van der Waals surface area contributed by atoms with Gasteiger partial charge >= 0.3 is 6.09 Å². The summed E-state index contributed by atoms with van der Waals surface area (Å²) < 4.78 is 7.46. The van der Waals surface area contributed by atoms with Gasteiger partial charge in [0.1, 0.15) is 11.4 Å². The molecule has 2 atom stereocenters. The average Bonchev–Trinajstić information content (AvgIpc) is 3.38. The molecule has 1 aromatic heterocycles. The van der Waals surface area contributed by atoms with Gasteiger partial charge in [-0.3, -0.25) is 14.8 Å². The minimum absolute atomic E-state index is 0.00855. The predicted octanol–water partition coefficient (Wildman–Crippen LogP) is 3.52. The lowest BCUT2D eigenvalue weighted by Crippen LogP contribution is -2.45. The summed E-state index contributed by atoms with van der Waals surface area (Å²) in [6, 6.07) is 12.0. The van der Waals surface area contributed by atoms with E-state index in [0.717, 1.165) is 22.4 Å². The molecular formula is C26H30ClN5O5. The Hall–Kier alpha value is -3.63. The fourth-order valence-corrected chi connectivity index (χ4v) is 4.56. The third-order valence-electron chi connectivity index (χ3n) is 6.19. The Labute approximate surface area is 219 Å². The van der Waals surface area contributed by atoms with Gasteiger partial charge in [-0.15, -0.1) is 0 Å². The minimum Gasteiger partial charge on any atom is -0.444 e. The Morgan fingerprint density at radius 2 is 1.84 bits per heavy atom. The number of ether oxygens (including phenoxy) is 1. The van der Waals surface area contributed by atoms with E-state index in [9.17, 15) is 14.4 Å². The van der Waals surface area contributed by atoms with Crippen molar-refractivity contribution in [3.63, 3.8) is 0 Å². The van der Waals surface area contributed by atoms with E-state index >= 15 is 0 Å². The molecule has 3 amide bonds. The van der Waals surface area contributed by atoms with Gasteiger partial charge in [0.05, 0.1) is 23.0 Å². The molecule has 4 rings (SSSR count). The van der Waals surface area contributed by atoms with Crippen molar-refractivity contribution in [3.8, 4) is 0 Å². The second-order valence-electron chi connectivity index (χ2n) is 10.1. The van der Waals surface area contributed by atoms with Crippen molar-refractivity contribution >= 4 is 40.5 Å². The molecule has 0 radical (unpaired) electrons. The number of rotatable bonds is 5. The molecule has 0 saturated carbocycles. The van der Waals surface area contributed by atoms with Crippen LogP contribution in [0.3, 0.4) is 0 Å². The molecule has 196 valence electrons. The first-order valence-corrected chi connectivity index (χ1v) is 12.3. The zero-order chi connectivity index (χ0) is 26.9. The molecule has 3 N–H and O–H groups in total. The van der Waals surface area contributed by atoms with Crippen LogP contribution in [0, 0.1) is 12.8 Å². The standard InChI is InChI=1S/C26H30ClN5O5/c1-15-28-20-11-18(27)9-10-22(20)32(15)12-16-5-7-17(8-6-16)23(33)29-21-14-31(13-19(21)24(34)30-36)25(35)37-26(2,3)4/h5-11,19,21,36H,12-14H2,1-4H3,(H,29,33)(H,30,34)/t19-,21+/m0/s1. The highest BCUT2D eigenvalue weighted by atomic mass is 35.5. The van der Waals surface area contributed by atoms with Gasteiger partial charge in [-0.05, 0) is 63.6 Å². The van der Waals surface area contributed by atoms with E-state index in [1.807, 2.05) is 37.3 Å². The second kappa shape index (κ2) is 10.4. The third kappa shape index (κ3) is 6.03. The molecular weight excluding hydrogens is 498 g/mol. The molecule has 3 aromatic rings. The normalized spacial score (nSPS) is 17.6. The molecule has 37 heavy (non-hydrogen) atoms. The SMILES string of the molecule is Cc1nc2cc(Cl)ccc2n1Cc1ccc(C(=O)N[C@@H]2CN(C(=O)OC(C)(C)C)C[C@@H]2C(=O)NO)cc1. The maximum Gasteiger partial charge on any atom is 0.410 e. The number of amides is 3. The summed E-state index contributed by atoms with van der Waals surface area (Å²) in [5.41, 5.74) is 4.08. The van der Waals surface area contributed by atoms with E-state index in [-0.39, 0.29) is 13.1 Å². The number of likely N-dealkylation sites (tertiary alicyclic amines) is 1. The summed E-state index contributed by atoms with van der Waals surface area (Å²) in [4.78, 5) is 43.6. The van der Waals surface area contributed by atoms with E-state index in [4.69, 9.17) is 21.5 Å². The van der Waals surface area contributed by atoms with E-state index in [1.165, 1.54) is 4.90 Å². The van der Waals surface area contributed by atoms with Crippen LogP contribution in [0.5, 0.6) is 0 Å². The van der Waals surface area contributed by atoms with Crippen LogP contribution in [-0.2, 0) is 16.1 Å².